The van der Waals surface area contributed by atoms with Crippen LogP contribution in [0.25, 0.3) is 0 Å². The van der Waals surface area contributed by atoms with Crippen LogP contribution in [0.15, 0.2) is 18.2 Å². The minimum Gasteiger partial charge on any atom is -0.507 e. The molecule has 1 aromatic rings. The van der Waals surface area contributed by atoms with Crippen LogP contribution in [-0.2, 0) is 0 Å². The Balaban J connectivity index is 2.86. The van der Waals surface area contributed by atoms with E-state index in [-0.39, 0.29) is 23.6 Å². The summed E-state index contributed by atoms with van der Waals surface area (Å²) in [6.45, 7) is 0.334. The van der Waals surface area contributed by atoms with Crippen molar-refractivity contribution in [2.75, 3.05) is 20.7 Å². The number of aromatic hydroxyl groups is 1. The highest BCUT2D eigenvalue weighted by Crippen LogP contribution is 2.24. The minimum absolute atomic E-state index is 0.127. The average molecular weight is 234 g/mol. The number of amides is 1. The topological polar surface area (TPSA) is 73.6 Å². The van der Waals surface area contributed by atoms with Crippen molar-refractivity contribution >= 4 is 5.91 Å². The summed E-state index contributed by atoms with van der Waals surface area (Å²) in [6, 6.07) is 6.44. The van der Waals surface area contributed by atoms with Crippen molar-refractivity contribution in [1.29, 1.82) is 5.26 Å². The van der Waals surface area contributed by atoms with Crippen molar-refractivity contribution in [1.82, 2.24) is 4.90 Å². The number of phenols is 1. The molecule has 0 spiro atoms. The number of ether oxygens (including phenoxy) is 1. The number of hydrogen-bond donors (Lipinski definition) is 1. The molecule has 0 radical (unpaired) electrons. The van der Waals surface area contributed by atoms with Crippen molar-refractivity contribution < 1.29 is 14.6 Å². The van der Waals surface area contributed by atoms with Gasteiger partial charge in [0.2, 0.25) is 0 Å². The average Bonchev–Trinajstić information content (AvgIpc) is 2.34. The molecule has 1 amide bonds. The first-order chi connectivity index (χ1) is 8.10. The zero-order valence-corrected chi connectivity index (χ0v) is 9.80. The van der Waals surface area contributed by atoms with E-state index in [1.54, 1.807) is 13.1 Å². The molecule has 1 N–H and O–H groups in total. The van der Waals surface area contributed by atoms with E-state index in [0.29, 0.717) is 12.3 Å². The van der Waals surface area contributed by atoms with Gasteiger partial charge in [0.15, 0.2) is 0 Å². The van der Waals surface area contributed by atoms with Crippen molar-refractivity contribution in [2.45, 2.75) is 6.42 Å². The summed E-state index contributed by atoms with van der Waals surface area (Å²) < 4.78 is 4.93. The molecular weight excluding hydrogens is 220 g/mol. The van der Waals surface area contributed by atoms with Gasteiger partial charge >= 0.3 is 0 Å². The molecule has 90 valence electrons. The third-order valence-corrected chi connectivity index (χ3v) is 2.34. The molecule has 0 saturated heterocycles. The van der Waals surface area contributed by atoms with E-state index >= 15 is 0 Å². The molecule has 0 unspecified atom stereocenters. The van der Waals surface area contributed by atoms with E-state index in [9.17, 15) is 9.90 Å². The second-order valence-electron chi connectivity index (χ2n) is 3.52. The van der Waals surface area contributed by atoms with Crippen LogP contribution in [0.2, 0.25) is 0 Å². The molecule has 0 aliphatic heterocycles. The van der Waals surface area contributed by atoms with Crippen LogP contribution < -0.4 is 4.74 Å². The number of benzene rings is 1. The normalized spacial score (nSPS) is 9.47. The maximum Gasteiger partial charge on any atom is 0.257 e. The lowest BCUT2D eigenvalue weighted by Crippen LogP contribution is -2.27. The summed E-state index contributed by atoms with van der Waals surface area (Å²) in [7, 11) is 3.07. The molecule has 0 aliphatic rings. The Morgan fingerprint density at radius 3 is 2.82 bits per heavy atom. The summed E-state index contributed by atoms with van der Waals surface area (Å²) in [6.07, 6.45) is 0.263. The smallest absolute Gasteiger partial charge is 0.257 e. The number of phenolic OH excluding ortho intramolecular Hbond substituents is 1. The fourth-order valence-corrected chi connectivity index (χ4v) is 1.34. The first kappa shape index (κ1) is 12.8. The third kappa shape index (κ3) is 3.11. The molecule has 5 heteroatoms. The molecule has 0 aromatic heterocycles. The van der Waals surface area contributed by atoms with Crippen LogP contribution in [0.3, 0.4) is 0 Å². The van der Waals surface area contributed by atoms with Gasteiger partial charge in [0.25, 0.3) is 5.91 Å². The molecular formula is C12H14N2O3. The zero-order chi connectivity index (χ0) is 12.8. The number of nitrogens with zero attached hydrogens (tertiary/aromatic N) is 2. The lowest BCUT2D eigenvalue weighted by atomic mass is 10.1. The van der Waals surface area contributed by atoms with E-state index in [4.69, 9.17) is 10.00 Å². The van der Waals surface area contributed by atoms with Crippen molar-refractivity contribution in [3.8, 4) is 17.6 Å². The maximum absolute atomic E-state index is 11.9. The molecule has 5 nitrogen and oxygen atoms in total. The molecule has 0 atom stereocenters. The van der Waals surface area contributed by atoms with Gasteiger partial charge in [0.1, 0.15) is 11.5 Å². The molecule has 1 aromatic carbocycles. The van der Waals surface area contributed by atoms with Crippen LogP contribution in [0.4, 0.5) is 0 Å². The predicted molar refractivity (Wildman–Crippen MR) is 61.8 cm³/mol. The molecule has 0 bridgehead atoms. The maximum atomic E-state index is 11.9. The summed E-state index contributed by atoms with van der Waals surface area (Å²) in [5.74, 6) is 0.0392. The quantitative estimate of drug-likeness (QED) is 0.854. The largest absolute Gasteiger partial charge is 0.507 e. The van der Waals surface area contributed by atoms with Gasteiger partial charge < -0.3 is 14.7 Å². The molecule has 17 heavy (non-hydrogen) atoms. The van der Waals surface area contributed by atoms with Gasteiger partial charge in [-0.05, 0) is 12.1 Å². The van der Waals surface area contributed by atoms with E-state index in [1.807, 2.05) is 6.07 Å². The lowest BCUT2D eigenvalue weighted by Gasteiger charge is -2.16. The molecule has 0 fully saturated rings. The fraction of sp³-hybridized carbons (Fsp3) is 0.333. The molecule has 1 rings (SSSR count). The second kappa shape index (κ2) is 5.75. The SMILES string of the molecule is COc1ccc(C(=O)N(C)CCC#N)c(O)c1. The Hall–Kier alpha value is -2.22. The Labute approximate surface area is 99.8 Å². The van der Waals surface area contributed by atoms with Gasteiger partial charge in [-0.25, -0.2) is 0 Å². The third-order valence-electron chi connectivity index (χ3n) is 2.34. The molecule has 0 saturated carbocycles. The number of nitriles is 1. The highest BCUT2D eigenvalue weighted by molar-refractivity contribution is 5.96. The highest BCUT2D eigenvalue weighted by Gasteiger charge is 2.15. The van der Waals surface area contributed by atoms with E-state index < -0.39 is 0 Å². The van der Waals surface area contributed by atoms with Gasteiger partial charge in [-0.2, -0.15) is 5.26 Å². The Kier molecular flexibility index (Phi) is 4.35. The summed E-state index contributed by atoms with van der Waals surface area (Å²) >= 11 is 0. The first-order valence-corrected chi connectivity index (χ1v) is 5.09. The first-order valence-electron chi connectivity index (χ1n) is 5.09. The van der Waals surface area contributed by atoms with Crippen molar-refractivity contribution in [3.05, 3.63) is 23.8 Å². The van der Waals surface area contributed by atoms with E-state index in [1.165, 1.54) is 24.1 Å². The standard InChI is InChI=1S/C12H14N2O3/c1-14(7-3-6-13)12(16)10-5-4-9(17-2)8-11(10)15/h4-5,8,15H,3,7H2,1-2H3. The van der Waals surface area contributed by atoms with Crippen LogP contribution in [0.1, 0.15) is 16.8 Å². The predicted octanol–water partition coefficient (Wildman–Crippen LogP) is 1.39. The van der Waals surface area contributed by atoms with E-state index in [0.717, 1.165) is 0 Å². The molecule has 0 aliphatic carbocycles. The number of rotatable bonds is 4. The Bertz CT molecular complexity index is 452. The fourth-order valence-electron chi connectivity index (χ4n) is 1.34. The van der Waals surface area contributed by atoms with Crippen LogP contribution in [0, 0.1) is 11.3 Å². The minimum atomic E-state index is -0.319. The lowest BCUT2D eigenvalue weighted by molar-refractivity contribution is 0.0795. The Morgan fingerprint density at radius 2 is 2.29 bits per heavy atom. The van der Waals surface area contributed by atoms with Gasteiger partial charge in [-0.3, -0.25) is 4.79 Å². The van der Waals surface area contributed by atoms with Crippen LogP contribution in [-0.4, -0.2) is 36.6 Å². The van der Waals surface area contributed by atoms with Gasteiger partial charge in [-0.15, -0.1) is 0 Å². The van der Waals surface area contributed by atoms with Gasteiger partial charge in [0, 0.05) is 19.7 Å². The number of hydrogen-bond acceptors (Lipinski definition) is 4. The van der Waals surface area contributed by atoms with Crippen LogP contribution >= 0.6 is 0 Å². The second-order valence-corrected chi connectivity index (χ2v) is 3.52. The van der Waals surface area contributed by atoms with Crippen molar-refractivity contribution in [2.24, 2.45) is 0 Å². The van der Waals surface area contributed by atoms with Crippen LogP contribution in [0.5, 0.6) is 11.5 Å². The Morgan fingerprint density at radius 1 is 1.59 bits per heavy atom. The number of methoxy groups -OCH3 is 1. The summed E-state index contributed by atoms with van der Waals surface area (Å²) in [5.41, 5.74) is 0.200. The number of carbonyl (C=O) groups excluding carboxylic acids is 1. The number of carbonyl (C=O) groups is 1. The zero-order valence-electron chi connectivity index (χ0n) is 9.80. The van der Waals surface area contributed by atoms with Crippen molar-refractivity contribution in [3.63, 3.8) is 0 Å². The molecule has 0 heterocycles. The van der Waals surface area contributed by atoms with E-state index in [2.05, 4.69) is 0 Å². The summed E-state index contributed by atoms with van der Waals surface area (Å²) in [4.78, 5) is 13.3. The summed E-state index contributed by atoms with van der Waals surface area (Å²) in [5, 5.41) is 18.1. The van der Waals surface area contributed by atoms with Gasteiger partial charge in [0.05, 0.1) is 25.2 Å². The highest BCUT2D eigenvalue weighted by atomic mass is 16.5. The van der Waals surface area contributed by atoms with Gasteiger partial charge in [-0.1, -0.05) is 0 Å². The monoisotopic (exact) mass is 234 g/mol.